The van der Waals surface area contributed by atoms with Crippen LogP contribution in [0.25, 0.3) is 0 Å². The van der Waals surface area contributed by atoms with Crippen molar-refractivity contribution >= 4 is 23.2 Å². The summed E-state index contributed by atoms with van der Waals surface area (Å²) in [5.41, 5.74) is 0.476. The van der Waals surface area contributed by atoms with Crippen molar-refractivity contribution in [1.82, 2.24) is 10.3 Å². The zero-order chi connectivity index (χ0) is 16.3. The first kappa shape index (κ1) is 16.9. The second-order valence-electron chi connectivity index (χ2n) is 6.37. The molecule has 1 aromatic rings. The van der Waals surface area contributed by atoms with Crippen molar-refractivity contribution in [3.05, 3.63) is 16.1 Å². The Bertz CT molecular complexity index is 557. The van der Waals surface area contributed by atoms with Gasteiger partial charge in [-0.2, -0.15) is 0 Å². The highest BCUT2D eigenvalue weighted by molar-refractivity contribution is 7.09. The lowest BCUT2D eigenvalue weighted by atomic mass is 9.80. The number of hydrogen-bond acceptors (Lipinski definition) is 4. The highest BCUT2D eigenvalue weighted by Crippen LogP contribution is 2.32. The van der Waals surface area contributed by atoms with Crippen LogP contribution >= 0.6 is 11.3 Å². The summed E-state index contributed by atoms with van der Waals surface area (Å²) in [6.07, 6.45) is 3.44. The SMILES string of the molecule is CC[C@](C)(NC(=O)[C@@H]1CCC[C@@H](C(=O)O)C1)c1nc(C)cs1. The average Bonchev–Trinajstić information content (AvgIpc) is 2.94. The topological polar surface area (TPSA) is 79.3 Å². The smallest absolute Gasteiger partial charge is 0.306 e. The number of amides is 1. The maximum atomic E-state index is 12.6. The molecule has 1 fully saturated rings. The molecule has 2 rings (SSSR count). The number of nitrogens with zero attached hydrogens (tertiary/aromatic N) is 1. The van der Waals surface area contributed by atoms with Crippen LogP contribution in [0.5, 0.6) is 0 Å². The van der Waals surface area contributed by atoms with Gasteiger partial charge in [0.1, 0.15) is 5.01 Å². The molecule has 1 aliphatic rings. The molecule has 1 saturated carbocycles. The number of aromatic nitrogens is 1. The Kier molecular flexibility index (Phi) is 5.21. The van der Waals surface area contributed by atoms with Crippen LogP contribution in [0, 0.1) is 18.8 Å². The van der Waals surface area contributed by atoms with E-state index in [-0.39, 0.29) is 17.7 Å². The lowest BCUT2D eigenvalue weighted by Crippen LogP contribution is -2.46. The maximum Gasteiger partial charge on any atom is 0.306 e. The molecule has 3 atom stereocenters. The molecule has 0 spiro atoms. The van der Waals surface area contributed by atoms with Gasteiger partial charge in [0.25, 0.3) is 0 Å². The van der Waals surface area contributed by atoms with Gasteiger partial charge in [0.15, 0.2) is 0 Å². The number of thiazole rings is 1. The van der Waals surface area contributed by atoms with E-state index in [2.05, 4.69) is 10.3 Å². The highest BCUT2D eigenvalue weighted by Gasteiger charge is 2.35. The van der Waals surface area contributed by atoms with Crippen molar-refractivity contribution in [2.45, 2.75) is 58.4 Å². The molecule has 0 bridgehead atoms. The van der Waals surface area contributed by atoms with Gasteiger partial charge in [-0.3, -0.25) is 9.59 Å². The molecule has 1 heterocycles. The number of rotatable bonds is 5. The van der Waals surface area contributed by atoms with Crippen LogP contribution in [0.2, 0.25) is 0 Å². The molecule has 0 radical (unpaired) electrons. The van der Waals surface area contributed by atoms with Crippen LogP contribution in [0.4, 0.5) is 0 Å². The molecule has 122 valence electrons. The molecular weight excluding hydrogens is 300 g/mol. The minimum absolute atomic E-state index is 0.0387. The van der Waals surface area contributed by atoms with Crippen molar-refractivity contribution in [1.29, 1.82) is 0 Å². The maximum absolute atomic E-state index is 12.6. The molecule has 0 saturated heterocycles. The summed E-state index contributed by atoms with van der Waals surface area (Å²) in [5.74, 6) is -1.42. The molecule has 5 nitrogen and oxygen atoms in total. The minimum atomic E-state index is -0.786. The number of carbonyl (C=O) groups excluding carboxylic acids is 1. The first-order valence-electron chi connectivity index (χ1n) is 7.83. The van der Waals surface area contributed by atoms with Crippen LogP contribution in [0.1, 0.15) is 56.7 Å². The van der Waals surface area contributed by atoms with E-state index in [1.54, 1.807) is 11.3 Å². The van der Waals surface area contributed by atoms with Crippen LogP contribution in [0.3, 0.4) is 0 Å². The highest BCUT2D eigenvalue weighted by atomic mass is 32.1. The quantitative estimate of drug-likeness (QED) is 0.872. The zero-order valence-corrected chi connectivity index (χ0v) is 14.2. The number of nitrogens with one attached hydrogen (secondary N) is 1. The molecule has 0 unspecified atom stereocenters. The molecule has 1 aromatic heterocycles. The fourth-order valence-electron chi connectivity index (χ4n) is 2.93. The third kappa shape index (κ3) is 3.66. The third-order valence-electron chi connectivity index (χ3n) is 4.59. The number of carbonyl (C=O) groups is 2. The van der Waals surface area contributed by atoms with Crippen LogP contribution in [0.15, 0.2) is 5.38 Å². The van der Waals surface area contributed by atoms with Crippen molar-refractivity contribution in [2.24, 2.45) is 11.8 Å². The van der Waals surface area contributed by atoms with Gasteiger partial charge in [0.2, 0.25) is 5.91 Å². The Morgan fingerprint density at radius 3 is 2.68 bits per heavy atom. The van der Waals surface area contributed by atoms with E-state index in [1.807, 2.05) is 26.2 Å². The van der Waals surface area contributed by atoms with E-state index in [0.29, 0.717) is 12.8 Å². The summed E-state index contributed by atoms with van der Waals surface area (Å²) in [4.78, 5) is 28.2. The van der Waals surface area contributed by atoms with Gasteiger partial charge in [-0.1, -0.05) is 13.3 Å². The second kappa shape index (κ2) is 6.77. The summed E-state index contributed by atoms with van der Waals surface area (Å²) in [7, 11) is 0. The molecule has 1 amide bonds. The summed E-state index contributed by atoms with van der Waals surface area (Å²) in [5, 5.41) is 15.2. The van der Waals surface area contributed by atoms with Crippen molar-refractivity contribution in [3.63, 3.8) is 0 Å². The minimum Gasteiger partial charge on any atom is -0.481 e. The molecule has 22 heavy (non-hydrogen) atoms. The Hall–Kier alpha value is -1.43. The van der Waals surface area contributed by atoms with Gasteiger partial charge >= 0.3 is 5.97 Å². The van der Waals surface area contributed by atoms with Crippen molar-refractivity contribution in [2.75, 3.05) is 0 Å². The Morgan fingerprint density at radius 1 is 1.45 bits per heavy atom. The number of carboxylic acid groups (broad SMARTS) is 1. The molecule has 6 heteroatoms. The lowest BCUT2D eigenvalue weighted by molar-refractivity contribution is -0.144. The Balaban J connectivity index is 2.07. The number of aliphatic carboxylic acids is 1. The monoisotopic (exact) mass is 324 g/mol. The van der Waals surface area contributed by atoms with Crippen LogP contribution < -0.4 is 5.32 Å². The molecule has 2 N–H and O–H groups in total. The largest absolute Gasteiger partial charge is 0.481 e. The van der Waals surface area contributed by atoms with Gasteiger partial charge < -0.3 is 10.4 Å². The standard InChI is InChI=1S/C16H24N2O3S/c1-4-16(3,15-17-10(2)9-22-15)18-13(19)11-6-5-7-12(8-11)14(20)21/h9,11-12H,4-8H2,1-3H3,(H,18,19)(H,20,21)/t11-,12-,16+/m1/s1. The van der Waals surface area contributed by atoms with E-state index in [1.165, 1.54) is 0 Å². The first-order valence-corrected chi connectivity index (χ1v) is 8.71. The van der Waals surface area contributed by atoms with Crippen LogP contribution in [-0.2, 0) is 15.1 Å². The summed E-state index contributed by atoms with van der Waals surface area (Å²) < 4.78 is 0. The number of carboxylic acids is 1. The lowest BCUT2D eigenvalue weighted by Gasteiger charge is -2.32. The Labute approximate surface area is 135 Å². The third-order valence-corrected chi connectivity index (χ3v) is 5.82. The molecule has 1 aliphatic carbocycles. The average molecular weight is 324 g/mol. The second-order valence-corrected chi connectivity index (χ2v) is 7.23. The van der Waals surface area contributed by atoms with E-state index < -0.39 is 11.5 Å². The summed E-state index contributed by atoms with van der Waals surface area (Å²) >= 11 is 1.56. The van der Waals surface area contributed by atoms with Gasteiger partial charge in [0.05, 0.1) is 11.5 Å². The van der Waals surface area contributed by atoms with Gasteiger partial charge in [-0.25, -0.2) is 4.98 Å². The van der Waals surface area contributed by atoms with E-state index >= 15 is 0 Å². The van der Waals surface area contributed by atoms with E-state index in [0.717, 1.165) is 30.0 Å². The number of aryl methyl sites for hydroxylation is 1. The zero-order valence-electron chi connectivity index (χ0n) is 13.4. The number of hydrogen-bond donors (Lipinski definition) is 2. The van der Waals surface area contributed by atoms with Gasteiger partial charge in [-0.15, -0.1) is 11.3 Å². The van der Waals surface area contributed by atoms with E-state index in [4.69, 9.17) is 5.11 Å². The normalized spacial score (nSPS) is 24.5. The Morgan fingerprint density at radius 2 is 2.14 bits per heavy atom. The molecule has 0 aromatic carbocycles. The van der Waals surface area contributed by atoms with Crippen molar-refractivity contribution < 1.29 is 14.7 Å². The summed E-state index contributed by atoms with van der Waals surface area (Å²) in [6, 6.07) is 0. The van der Waals surface area contributed by atoms with Crippen molar-refractivity contribution in [3.8, 4) is 0 Å². The fraction of sp³-hybridized carbons (Fsp3) is 0.688. The molecular formula is C16H24N2O3S. The predicted molar refractivity (Wildman–Crippen MR) is 85.7 cm³/mol. The van der Waals surface area contributed by atoms with Crippen LogP contribution in [-0.4, -0.2) is 22.0 Å². The predicted octanol–water partition coefficient (Wildman–Crippen LogP) is 3.08. The van der Waals surface area contributed by atoms with Gasteiger partial charge in [-0.05, 0) is 39.5 Å². The first-order chi connectivity index (χ1) is 10.4. The fourth-order valence-corrected chi connectivity index (χ4v) is 3.91. The van der Waals surface area contributed by atoms with Gasteiger partial charge in [0, 0.05) is 17.0 Å². The van der Waals surface area contributed by atoms with E-state index in [9.17, 15) is 9.59 Å². The molecule has 0 aliphatic heterocycles. The summed E-state index contributed by atoms with van der Waals surface area (Å²) in [6.45, 7) is 5.95.